The molecule has 0 heterocycles. The third kappa shape index (κ3) is 6.91. The Morgan fingerprint density at radius 3 is 1.91 bits per heavy atom. The summed E-state index contributed by atoms with van der Waals surface area (Å²) in [6.07, 6.45) is 4.48. The largest absolute Gasteiger partial charge is 0.392 e. The number of rotatable bonds is 2. The van der Waals surface area contributed by atoms with Crippen LogP contribution in [-0.4, -0.2) is 16.5 Å². The first kappa shape index (κ1) is 19.1. The summed E-state index contributed by atoms with van der Waals surface area (Å²) in [5, 5.41) is 10.2. The molecule has 0 aliphatic heterocycles. The van der Waals surface area contributed by atoms with E-state index in [0.29, 0.717) is 5.25 Å². The van der Waals surface area contributed by atoms with Crippen molar-refractivity contribution in [1.29, 1.82) is 0 Å². The average molecular weight is 335 g/mol. The van der Waals surface area contributed by atoms with Crippen LogP contribution in [-0.2, 0) is 0 Å². The number of aliphatic hydroxyl groups is 1. The van der Waals surface area contributed by atoms with Gasteiger partial charge in [-0.25, -0.2) is 0 Å². The second-order valence-electron chi connectivity index (χ2n) is 5.16. The van der Waals surface area contributed by atoms with Gasteiger partial charge in [-0.3, -0.25) is 0 Å². The van der Waals surface area contributed by atoms with Gasteiger partial charge >= 0.3 is 0 Å². The molecular weight excluding hydrogens is 308 g/mol. The van der Waals surface area contributed by atoms with Crippen LogP contribution in [0.5, 0.6) is 0 Å². The van der Waals surface area contributed by atoms with E-state index in [1.165, 1.54) is 17.7 Å². The van der Waals surface area contributed by atoms with Crippen LogP contribution in [0.3, 0.4) is 0 Å². The summed E-state index contributed by atoms with van der Waals surface area (Å²) in [6.45, 7) is 0. The van der Waals surface area contributed by atoms with Gasteiger partial charge in [0, 0.05) is 15.0 Å². The topological polar surface area (TPSA) is 20.2 Å². The summed E-state index contributed by atoms with van der Waals surface area (Å²) in [5.74, 6) is 0. The number of benzene rings is 2. The molecule has 0 amide bonds. The van der Waals surface area contributed by atoms with Crippen molar-refractivity contribution in [2.24, 2.45) is 0 Å². The smallest absolute Gasteiger partial charge is 0.0662 e. The van der Waals surface area contributed by atoms with E-state index in [-0.39, 0.29) is 13.5 Å². The Hall–Kier alpha value is -0.900. The first-order valence-corrected chi connectivity index (χ1v) is 8.72. The molecule has 2 atom stereocenters. The van der Waals surface area contributed by atoms with E-state index < -0.39 is 0 Å². The maximum Gasteiger partial charge on any atom is 0.0662 e. The van der Waals surface area contributed by atoms with Crippen LogP contribution in [0.2, 0.25) is 0 Å². The molecule has 3 rings (SSSR count). The molecule has 1 fully saturated rings. The van der Waals surface area contributed by atoms with Crippen LogP contribution in [0.15, 0.2) is 70.5 Å². The van der Waals surface area contributed by atoms with Gasteiger partial charge in [-0.15, -0.1) is 24.4 Å². The normalized spacial score (nSPS) is 20.3. The van der Waals surface area contributed by atoms with Crippen LogP contribution in [0.1, 0.15) is 33.1 Å². The highest BCUT2D eigenvalue weighted by molar-refractivity contribution is 8.00. The molecule has 1 nitrogen and oxygen atoms in total. The van der Waals surface area contributed by atoms with Crippen molar-refractivity contribution in [3.63, 3.8) is 0 Å². The molecule has 3 heteroatoms. The van der Waals surface area contributed by atoms with Gasteiger partial charge < -0.3 is 5.11 Å². The molecule has 1 aliphatic rings. The van der Waals surface area contributed by atoms with E-state index in [9.17, 15) is 5.11 Å². The minimum absolute atomic E-state index is 0. The van der Waals surface area contributed by atoms with Crippen molar-refractivity contribution < 1.29 is 5.11 Å². The fourth-order valence-electron chi connectivity index (χ4n) is 2.32. The van der Waals surface area contributed by atoms with Crippen LogP contribution in [0.4, 0.5) is 0 Å². The summed E-state index contributed by atoms with van der Waals surface area (Å²) >= 11 is 5.91. The first-order chi connectivity index (χ1) is 10.3. The van der Waals surface area contributed by atoms with E-state index >= 15 is 0 Å². The maximum atomic E-state index is 9.81. The summed E-state index contributed by atoms with van der Waals surface area (Å²) in [7, 11) is 0. The zero-order valence-corrected chi connectivity index (χ0v) is 13.8. The van der Waals surface area contributed by atoms with E-state index in [0.717, 1.165) is 17.7 Å². The molecule has 0 spiro atoms. The molecule has 2 aromatic rings. The molecule has 1 N–H and O–H groups in total. The van der Waals surface area contributed by atoms with Gasteiger partial charge in [0.05, 0.1) is 6.10 Å². The number of hydrogen-bond donors (Lipinski definition) is 2. The lowest BCUT2D eigenvalue weighted by molar-refractivity contribution is 0.137. The molecule has 0 radical (unpaired) electrons. The Morgan fingerprint density at radius 2 is 1.41 bits per heavy atom. The number of hydrogen-bond acceptors (Lipinski definition) is 3. The van der Waals surface area contributed by atoms with Gasteiger partial charge in [0.1, 0.15) is 0 Å². The Kier molecular flexibility index (Phi) is 9.37. The second kappa shape index (κ2) is 10.8. The monoisotopic (exact) mass is 334 g/mol. The van der Waals surface area contributed by atoms with Crippen molar-refractivity contribution in [3.05, 3.63) is 60.7 Å². The van der Waals surface area contributed by atoms with Gasteiger partial charge in [0.25, 0.3) is 0 Å². The summed E-state index contributed by atoms with van der Waals surface area (Å²) in [6, 6.07) is 20.2. The molecule has 120 valence electrons. The molecule has 22 heavy (non-hydrogen) atoms. The molecule has 0 bridgehead atoms. The standard InChI is InChI=1S/C12H16OS.C6H6S.CH4/c13-11-8-4-5-9-12(11)14-10-6-2-1-3-7-10;7-6-4-2-1-3-5-6;/h1-3,6-7,11-13H,4-5,8-9H2;1-5,7H;1H4. The minimum atomic E-state index is -0.103. The SMILES string of the molecule is C.OC1CCCCC1Sc1ccccc1.Sc1ccccc1. The van der Waals surface area contributed by atoms with E-state index in [4.69, 9.17) is 0 Å². The van der Waals surface area contributed by atoms with Gasteiger partial charge in [-0.2, -0.15) is 0 Å². The predicted molar refractivity (Wildman–Crippen MR) is 101 cm³/mol. The molecule has 0 aromatic heterocycles. The molecule has 0 saturated heterocycles. The zero-order chi connectivity index (χ0) is 14.9. The average Bonchev–Trinajstić information content (AvgIpc) is 2.52. The highest BCUT2D eigenvalue weighted by Crippen LogP contribution is 2.33. The quantitative estimate of drug-likeness (QED) is 0.688. The first-order valence-electron chi connectivity index (χ1n) is 7.39. The van der Waals surface area contributed by atoms with Crippen LogP contribution in [0, 0.1) is 0 Å². The van der Waals surface area contributed by atoms with Crippen molar-refractivity contribution >= 4 is 24.4 Å². The summed E-state index contributed by atoms with van der Waals surface area (Å²) < 4.78 is 0. The lowest BCUT2D eigenvalue weighted by Crippen LogP contribution is -2.26. The van der Waals surface area contributed by atoms with Crippen molar-refractivity contribution in [3.8, 4) is 0 Å². The minimum Gasteiger partial charge on any atom is -0.392 e. The Bertz CT molecular complexity index is 501. The fraction of sp³-hybridized carbons (Fsp3) is 0.368. The van der Waals surface area contributed by atoms with Gasteiger partial charge in [-0.05, 0) is 37.1 Å². The van der Waals surface area contributed by atoms with E-state index in [1.54, 1.807) is 0 Å². The maximum absolute atomic E-state index is 9.81. The third-order valence-electron chi connectivity index (χ3n) is 3.45. The van der Waals surface area contributed by atoms with Crippen molar-refractivity contribution in [2.45, 2.75) is 54.3 Å². The Morgan fingerprint density at radius 1 is 0.864 bits per heavy atom. The van der Waals surface area contributed by atoms with Gasteiger partial charge in [-0.1, -0.05) is 56.7 Å². The van der Waals surface area contributed by atoms with Gasteiger partial charge in [0.2, 0.25) is 0 Å². The van der Waals surface area contributed by atoms with Crippen LogP contribution < -0.4 is 0 Å². The lowest BCUT2D eigenvalue weighted by atomic mass is 9.97. The highest BCUT2D eigenvalue weighted by Gasteiger charge is 2.23. The van der Waals surface area contributed by atoms with Gasteiger partial charge in [0.15, 0.2) is 0 Å². The van der Waals surface area contributed by atoms with Crippen molar-refractivity contribution in [1.82, 2.24) is 0 Å². The van der Waals surface area contributed by atoms with E-state index in [2.05, 4.69) is 36.9 Å². The number of thioether (sulfide) groups is 1. The second-order valence-corrected chi connectivity index (χ2v) is 6.99. The van der Waals surface area contributed by atoms with Crippen LogP contribution >= 0.6 is 24.4 Å². The Labute approximate surface area is 144 Å². The molecule has 2 unspecified atom stereocenters. The highest BCUT2D eigenvalue weighted by atomic mass is 32.2. The lowest BCUT2D eigenvalue weighted by Gasteiger charge is -2.26. The number of thiol groups is 1. The molecule has 1 saturated carbocycles. The zero-order valence-electron chi connectivity index (χ0n) is 12.1. The van der Waals surface area contributed by atoms with E-state index in [1.807, 2.05) is 48.2 Å². The Balaban J connectivity index is 0.000000258. The van der Waals surface area contributed by atoms with Crippen LogP contribution in [0.25, 0.3) is 0 Å². The fourth-order valence-corrected chi connectivity index (χ4v) is 3.73. The predicted octanol–water partition coefficient (Wildman–Crippen LogP) is 5.69. The third-order valence-corrected chi connectivity index (χ3v) is 5.15. The molecular formula is C19H26OS2. The summed E-state index contributed by atoms with van der Waals surface area (Å²) in [5.41, 5.74) is 0. The number of aliphatic hydroxyl groups excluding tert-OH is 1. The summed E-state index contributed by atoms with van der Waals surface area (Å²) in [4.78, 5) is 2.29. The van der Waals surface area contributed by atoms with Crippen molar-refractivity contribution in [2.75, 3.05) is 0 Å². The molecule has 1 aliphatic carbocycles. The molecule has 2 aromatic carbocycles.